The number of benzene rings is 1. The lowest BCUT2D eigenvalue weighted by Crippen LogP contribution is -2.73. The van der Waals surface area contributed by atoms with Crippen LogP contribution in [0, 0.1) is 16.0 Å². The molecule has 0 radical (unpaired) electrons. The van der Waals surface area contributed by atoms with Gasteiger partial charge in [0.25, 0.3) is 5.79 Å². The molecule has 2 saturated heterocycles. The fourth-order valence-corrected chi connectivity index (χ4v) is 4.14. The van der Waals surface area contributed by atoms with Gasteiger partial charge in [-0.2, -0.15) is 4.89 Å². The van der Waals surface area contributed by atoms with E-state index in [1.54, 1.807) is 12.1 Å². The number of hydrogen-bond donors (Lipinski definition) is 0. The van der Waals surface area contributed by atoms with Crippen LogP contribution < -0.4 is 4.84 Å². The Balaban J connectivity index is 2.09. The van der Waals surface area contributed by atoms with Crippen LogP contribution in [0.3, 0.4) is 0 Å². The highest BCUT2D eigenvalue weighted by Crippen LogP contribution is 2.69. The van der Waals surface area contributed by atoms with Crippen LogP contribution in [0.4, 0.5) is 0 Å². The maximum absolute atomic E-state index is 11.1. The van der Waals surface area contributed by atoms with Gasteiger partial charge in [0, 0.05) is 23.4 Å². The zero-order valence-corrected chi connectivity index (χ0v) is 14.5. The maximum Gasteiger partial charge on any atom is 0.261 e. The van der Waals surface area contributed by atoms with Crippen molar-refractivity contribution in [1.82, 2.24) is 5.23 Å². The summed E-state index contributed by atoms with van der Waals surface area (Å²) in [6.45, 7) is 11.1. The van der Waals surface area contributed by atoms with E-state index < -0.39 is 11.4 Å². The molecule has 3 rings (SSSR count). The van der Waals surface area contributed by atoms with Crippen molar-refractivity contribution in [2.75, 3.05) is 13.7 Å². The van der Waals surface area contributed by atoms with Crippen molar-refractivity contribution >= 4 is 0 Å². The molecule has 2 unspecified atom stereocenters. The number of hydroxylamine groups is 2. The zero-order valence-electron chi connectivity index (χ0n) is 14.5. The first-order valence-electron chi connectivity index (χ1n) is 7.76. The van der Waals surface area contributed by atoms with Gasteiger partial charge in [0.2, 0.25) is 0 Å². The highest BCUT2D eigenvalue weighted by Gasteiger charge is 2.81. The molecule has 2 heterocycles. The SMILES string of the molecule is CN([O-])Oc1cccc(C23OCC(C)(C)C2(C(C)(C)C)OO3)c1. The average Bonchev–Trinajstić information content (AvgIpc) is 2.51. The van der Waals surface area contributed by atoms with Gasteiger partial charge in [-0.25, -0.2) is 10.1 Å². The average molecular weight is 322 g/mol. The summed E-state index contributed by atoms with van der Waals surface area (Å²) in [5.74, 6) is -0.573. The Labute approximate surface area is 136 Å². The minimum atomic E-state index is -1.00. The molecule has 0 N–H and O–H groups in total. The van der Waals surface area contributed by atoms with Crippen molar-refractivity contribution in [3.05, 3.63) is 35.0 Å². The summed E-state index contributed by atoms with van der Waals surface area (Å²) in [4.78, 5) is 16.5. The largest absolute Gasteiger partial charge is 0.753 e. The Morgan fingerprint density at radius 3 is 2.43 bits per heavy atom. The van der Waals surface area contributed by atoms with Crippen molar-refractivity contribution < 1.29 is 19.3 Å². The van der Waals surface area contributed by atoms with Gasteiger partial charge in [0.1, 0.15) is 5.75 Å². The third-order valence-electron chi connectivity index (χ3n) is 4.84. The lowest BCUT2D eigenvalue weighted by atomic mass is 9.57. The minimum absolute atomic E-state index is 0.225. The molecular formula is C17H24NO5-. The van der Waals surface area contributed by atoms with Crippen LogP contribution in [0.15, 0.2) is 24.3 Å². The number of nitrogens with zero attached hydrogens (tertiary/aromatic N) is 1. The molecular weight excluding hydrogens is 298 g/mol. The Morgan fingerprint density at radius 2 is 1.91 bits per heavy atom. The molecule has 23 heavy (non-hydrogen) atoms. The van der Waals surface area contributed by atoms with Gasteiger partial charge < -0.3 is 14.8 Å². The topological polar surface area (TPSA) is 63.2 Å². The van der Waals surface area contributed by atoms with Gasteiger partial charge in [-0.1, -0.05) is 46.8 Å². The number of fused-ring (bicyclic) bond motifs is 1. The second-order valence-electron chi connectivity index (χ2n) is 7.95. The Kier molecular flexibility index (Phi) is 3.56. The van der Waals surface area contributed by atoms with E-state index in [1.807, 2.05) is 12.1 Å². The van der Waals surface area contributed by atoms with Gasteiger partial charge in [-0.15, -0.1) is 0 Å². The lowest BCUT2D eigenvalue weighted by molar-refractivity contribution is -0.626. The van der Waals surface area contributed by atoms with Crippen molar-refractivity contribution in [2.45, 2.75) is 46.0 Å². The van der Waals surface area contributed by atoms with Crippen LogP contribution >= 0.6 is 0 Å². The number of ether oxygens (including phenoxy) is 1. The molecule has 1 aromatic rings. The zero-order chi connectivity index (χ0) is 17.1. The highest BCUT2D eigenvalue weighted by atomic mass is 17.3. The summed E-state index contributed by atoms with van der Waals surface area (Å²) in [5, 5.41) is 11.5. The monoisotopic (exact) mass is 322 g/mol. The molecule has 0 aromatic heterocycles. The van der Waals surface area contributed by atoms with E-state index in [4.69, 9.17) is 19.3 Å². The molecule has 6 heteroatoms. The van der Waals surface area contributed by atoms with Crippen molar-refractivity contribution in [1.29, 1.82) is 0 Å². The minimum Gasteiger partial charge on any atom is -0.753 e. The normalized spacial score (nSPS) is 32.5. The van der Waals surface area contributed by atoms with Gasteiger partial charge in [0.15, 0.2) is 5.60 Å². The summed E-state index contributed by atoms with van der Waals surface area (Å²) in [6.07, 6.45) is 0. The standard InChI is InChI=1S/C17H24NO5/c1-14(2,3)17-15(4,5)11-20-16(17,22-23-17)12-8-7-9-13(10-12)21-18(6)19/h7-10H,11H2,1-6H3/q-1. The Bertz CT molecular complexity index is 609. The quantitative estimate of drug-likeness (QED) is 0.628. The van der Waals surface area contributed by atoms with Gasteiger partial charge >= 0.3 is 0 Å². The van der Waals surface area contributed by atoms with Gasteiger partial charge in [0.05, 0.1) is 6.61 Å². The molecule has 2 atom stereocenters. The molecule has 2 aliphatic rings. The van der Waals surface area contributed by atoms with Crippen LogP contribution in [0.2, 0.25) is 0 Å². The number of hydrogen-bond acceptors (Lipinski definition) is 6. The van der Waals surface area contributed by atoms with Crippen LogP contribution in [-0.4, -0.2) is 24.5 Å². The van der Waals surface area contributed by atoms with Crippen molar-refractivity contribution in [2.24, 2.45) is 10.8 Å². The molecule has 128 valence electrons. The molecule has 0 amide bonds. The molecule has 6 nitrogen and oxygen atoms in total. The van der Waals surface area contributed by atoms with E-state index in [2.05, 4.69) is 34.6 Å². The molecule has 0 bridgehead atoms. The molecule has 2 fully saturated rings. The molecule has 0 saturated carbocycles. The third kappa shape index (κ3) is 2.06. The summed E-state index contributed by atoms with van der Waals surface area (Å²) < 4.78 is 6.14. The van der Waals surface area contributed by atoms with Gasteiger partial charge in [-0.3, -0.25) is 0 Å². The van der Waals surface area contributed by atoms with Crippen molar-refractivity contribution in [3.8, 4) is 5.75 Å². The summed E-state index contributed by atoms with van der Waals surface area (Å²) in [6, 6.07) is 7.19. The van der Waals surface area contributed by atoms with Crippen LogP contribution in [0.1, 0.15) is 40.2 Å². The molecule has 2 aliphatic heterocycles. The van der Waals surface area contributed by atoms with E-state index in [0.29, 0.717) is 17.6 Å². The van der Waals surface area contributed by atoms with E-state index in [9.17, 15) is 5.21 Å². The highest BCUT2D eigenvalue weighted by molar-refractivity contribution is 5.37. The second kappa shape index (κ2) is 4.91. The first-order valence-corrected chi connectivity index (χ1v) is 7.76. The maximum atomic E-state index is 11.1. The predicted octanol–water partition coefficient (Wildman–Crippen LogP) is 3.37. The second-order valence-corrected chi connectivity index (χ2v) is 7.95. The predicted molar refractivity (Wildman–Crippen MR) is 84.0 cm³/mol. The fourth-order valence-electron chi connectivity index (χ4n) is 4.14. The summed E-state index contributed by atoms with van der Waals surface area (Å²) in [5.41, 5.74) is -0.328. The van der Waals surface area contributed by atoms with Crippen LogP contribution in [0.25, 0.3) is 0 Å². The smallest absolute Gasteiger partial charge is 0.261 e. The number of rotatable bonds is 3. The van der Waals surface area contributed by atoms with E-state index in [-0.39, 0.29) is 10.8 Å². The van der Waals surface area contributed by atoms with Crippen LogP contribution in [-0.2, 0) is 20.3 Å². The fraction of sp³-hybridized carbons (Fsp3) is 0.647. The van der Waals surface area contributed by atoms with E-state index >= 15 is 0 Å². The first-order chi connectivity index (χ1) is 10.6. The lowest BCUT2D eigenvalue weighted by Gasteiger charge is -2.61. The molecule has 0 spiro atoms. The van der Waals surface area contributed by atoms with Gasteiger partial charge in [-0.05, 0) is 12.1 Å². The van der Waals surface area contributed by atoms with E-state index in [1.165, 1.54) is 7.05 Å². The Hall–Kier alpha value is -1.18. The Morgan fingerprint density at radius 1 is 1.22 bits per heavy atom. The summed E-state index contributed by atoms with van der Waals surface area (Å²) in [7, 11) is 1.29. The third-order valence-corrected chi connectivity index (χ3v) is 4.84. The van der Waals surface area contributed by atoms with Crippen molar-refractivity contribution in [3.63, 3.8) is 0 Å². The summed E-state index contributed by atoms with van der Waals surface area (Å²) >= 11 is 0. The first kappa shape index (κ1) is 16.7. The molecule has 0 aliphatic carbocycles. The van der Waals surface area contributed by atoms with Crippen LogP contribution in [0.5, 0.6) is 5.75 Å². The molecule has 1 aromatic carbocycles. The van der Waals surface area contributed by atoms with E-state index in [0.717, 1.165) is 5.56 Å².